The van der Waals surface area contributed by atoms with Crippen molar-refractivity contribution in [1.29, 1.82) is 0 Å². The fourth-order valence-corrected chi connectivity index (χ4v) is 3.95. The number of aromatic nitrogens is 3. The topological polar surface area (TPSA) is 107 Å². The van der Waals surface area contributed by atoms with Crippen LogP contribution in [0.25, 0.3) is 11.0 Å². The van der Waals surface area contributed by atoms with E-state index in [0.717, 1.165) is 18.4 Å². The first-order valence-corrected chi connectivity index (χ1v) is 9.56. The van der Waals surface area contributed by atoms with Crippen molar-refractivity contribution in [1.82, 2.24) is 19.4 Å². The zero-order chi connectivity index (χ0) is 21.4. The molecule has 0 radical (unpaired) electrons. The molecular weight excluding hydrogens is 388 g/mol. The minimum Gasteiger partial charge on any atom is -0.497 e. The summed E-state index contributed by atoms with van der Waals surface area (Å²) in [6.07, 6.45) is 3.03. The van der Waals surface area contributed by atoms with E-state index < -0.39 is 11.2 Å². The summed E-state index contributed by atoms with van der Waals surface area (Å²) >= 11 is 0. The number of aryl methyl sites for hydroxylation is 1. The van der Waals surface area contributed by atoms with Gasteiger partial charge in [-0.05, 0) is 37.1 Å². The van der Waals surface area contributed by atoms with Crippen LogP contribution in [0.3, 0.4) is 0 Å². The summed E-state index contributed by atoms with van der Waals surface area (Å²) in [5.41, 5.74) is 0.274. The smallest absolute Gasteiger partial charge is 0.329 e. The molecule has 9 heteroatoms. The molecule has 3 aromatic rings. The number of fused-ring (bicyclic) bond motifs is 1. The lowest BCUT2D eigenvalue weighted by atomic mass is 10.0. The second kappa shape index (κ2) is 7.66. The van der Waals surface area contributed by atoms with E-state index >= 15 is 0 Å². The molecule has 1 amide bonds. The number of ether oxygens (including phenoxy) is 2. The van der Waals surface area contributed by atoms with Crippen LogP contribution in [-0.2, 0) is 7.05 Å². The summed E-state index contributed by atoms with van der Waals surface area (Å²) in [6, 6.07) is 6.83. The van der Waals surface area contributed by atoms with Gasteiger partial charge in [-0.25, -0.2) is 9.78 Å². The third kappa shape index (κ3) is 3.22. The van der Waals surface area contributed by atoms with E-state index in [1.807, 2.05) is 18.2 Å². The number of carbonyl (C=O) groups is 1. The molecule has 1 aromatic carbocycles. The van der Waals surface area contributed by atoms with Gasteiger partial charge in [-0.2, -0.15) is 0 Å². The first-order valence-electron chi connectivity index (χ1n) is 9.56. The van der Waals surface area contributed by atoms with Crippen LogP contribution in [0.5, 0.6) is 11.5 Å². The van der Waals surface area contributed by atoms with E-state index in [4.69, 9.17) is 9.47 Å². The Labute approximate surface area is 171 Å². The highest BCUT2D eigenvalue weighted by Gasteiger charge is 2.33. The average molecular weight is 410 g/mol. The molecule has 1 fully saturated rings. The number of nitrogens with one attached hydrogen (secondary N) is 1. The molecule has 0 aliphatic carbocycles. The van der Waals surface area contributed by atoms with E-state index in [1.165, 1.54) is 23.9 Å². The number of pyridine rings is 1. The quantitative estimate of drug-likeness (QED) is 0.701. The second-order valence-corrected chi connectivity index (χ2v) is 7.18. The maximum atomic E-state index is 13.3. The van der Waals surface area contributed by atoms with Gasteiger partial charge in [-0.1, -0.05) is 0 Å². The van der Waals surface area contributed by atoms with Gasteiger partial charge in [0, 0.05) is 25.4 Å². The van der Waals surface area contributed by atoms with Crippen LogP contribution < -0.4 is 20.7 Å². The Bertz CT molecular complexity index is 1250. The molecule has 1 aliphatic rings. The minimum atomic E-state index is -0.567. The molecule has 1 saturated heterocycles. The van der Waals surface area contributed by atoms with Gasteiger partial charge in [0.2, 0.25) is 0 Å². The van der Waals surface area contributed by atoms with Crippen molar-refractivity contribution in [2.45, 2.75) is 18.9 Å². The summed E-state index contributed by atoms with van der Waals surface area (Å²) in [4.78, 5) is 45.5. The summed E-state index contributed by atoms with van der Waals surface area (Å²) in [6.45, 7) is 0.575. The number of H-pyrrole nitrogens is 1. The molecule has 0 saturated carbocycles. The van der Waals surface area contributed by atoms with Gasteiger partial charge in [0.05, 0.1) is 31.2 Å². The van der Waals surface area contributed by atoms with Crippen LogP contribution in [-0.4, -0.2) is 46.1 Å². The average Bonchev–Trinajstić information content (AvgIpc) is 3.26. The van der Waals surface area contributed by atoms with Gasteiger partial charge in [0.25, 0.3) is 11.5 Å². The van der Waals surface area contributed by atoms with Gasteiger partial charge < -0.3 is 14.4 Å². The van der Waals surface area contributed by atoms with E-state index in [1.54, 1.807) is 19.1 Å². The number of hydrogen-bond acceptors (Lipinski definition) is 6. The molecule has 2 aromatic heterocycles. The Hall–Kier alpha value is -3.62. The zero-order valence-electron chi connectivity index (χ0n) is 17.0. The summed E-state index contributed by atoms with van der Waals surface area (Å²) in [5, 5.41) is 0.192. The zero-order valence-corrected chi connectivity index (χ0v) is 17.0. The highest BCUT2D eigenvalue weighted by Crippen LogP contribution is 2.39. The Kier molecular flexibility index (Phi) is 5.03. The van der Waals surface area contributed by atoms with Crippen LogP contribution >= 0.6 is 0 Å². The Morgan fingerprint density at radius 1 is 1.20 bits per heavy atom. The van der Waals surface area contributed by atoms with Crippen LogP contribution in [0.1, 0.15) is 34.8 Å². The van der Waals surface area contributed by atoms with Crippen molar-refractivity contribution < 1.29 is 14.3 Å². The number of likely N-dealkylation sites (tertiary alicyclic amines) is 1. The molecule has 156 valence electrons. The largest absolute Gasteiger partial charge is 0.497 e. The molecule has 1 aliphatic heterocycles. The van der Waals surface area contributed by atoms with Gasteiger partial charge in [-0.3, -0.25) is 19.1 Å². The molecule has 0 spiro atoms. The Balaban J connectivity index is 1.75. The fourth-order valence-electron chi connectivity index (χ4n) is 3.95. The Morgan fingerprint density at radius 2 is 2.00 bits per heavy atom. The predicted octanol–water partition coefficient (Wildman–Crippen LogP) is 1.62. The van der Waals surface area contributed by atoms with Crippen molar-refractivity contribution in [3.8, 4) is 11.5 Å². The van der Waals surface area contributed by atoms with E-state index in [-0.39, 0.29) is 23.0 Å². The number of aromatic amines is 1. The molecule has 30 heavy (non-hydrogen) atoms. The number of methoxy groups -OCH3 is 2. The van der Waals surface area contributed by atoms with E-state index in [0.29, 0.717) is 23.6 Å². The van der Waals surface area contributed by atoms with E-state index in [9.17, 15) is 14.4 Å². The van der Waals surface area contributed by atoms with Crippen molar-refractivity contribution in [2.24, 2.45) is 7.05 Å². The SMILES string of the molecule is COc1ccc(OC)c(C2CCCN2C(=O)c2cnc3c(c2)c(=O)[nH]c(=O)n3C)c1. The normalized spacial score (nSPS) is 16.1. The Morgan fingerprint density at radius 3 is 2.73 bits per heavy atom. The number of nitrogens with zero attached hydrogens (tertiary/aromatic N) is 3. The maximum Gasteiger partial charge on any atom is 0.329 e. The predicted molar refractivity (Wildman–Crippen MR) is 110 cm³/mol. The lowest BCUT2D eigenvalue weighted by Gasteiger charge is -2.26. The fraction of sp³-hybridized carbons (Fsp3) is 0.333. The first kappa shape index (κ1) is 19.7. The van der Waals surface area contributed by atoms with Crippen LogP contribution in [0, 0.1) is 0 Å². The number of amides is 1. The monoisotopic (exact) mass is 410 g/mol. The molecule has 9 nitrogen and oxygen atoms in total. The standard InChI is InChI=1S/C21H22N4O5/c1-24-18-15(19(26)23-21(24)28)9-12(11-22-18)20(27)25-8-4-5-16(25)14-10-13(29-2)6-7-17(14)30-3/h6-7,9-11,16H,4-5,8H2,1-3H3,(H,23,26,28). The maximum absolute atomic E-state index is 13.3. The molecule has 1 N–H and O–H groups in total. The summed E-state index contributed by atoms with van der Waals surface area (Å²) in [7, 11) is 4.70. The van der Waals surface area contributed by atoms with Crippen LogP contribution in [0.2, 0.25) is 0 Å². The highest BCUT2D eigenvalue weighted by atomic mass is 16.5. The third-order valence-corrected chi connectivity index (χ3v) is 5.51. The second-order valence-electron chi connectivity index (χ2n) is 7.18. The van der Waals surface area contributed by atoms with E-state index in [2.05, 4.69) is 9.97 Å². The van der Waals surface area contributed by atoms with Crippen molar-refractivity contribution >= 4 is 16.9 Å². The lowest BCUT2D eigenvalue weighted by molar-refractivity contribution is 0.0733. The van der Waals surface area contributed by atoms with Crippen molar-refractivity contribution in [3.63, 3.8) is 0 Å². The van der Waals surface area contributed by atoms with Gasteiger partial charge in [0.1, 0.15) is 17.1 Å². The molecule has 4 rings (SSSR count). The number of rotatable bonds is 4. The van der Waals surface area contributed by atoms with Crippen LogP contribution in [0.4, 0.5) is 0 Å². The summed E-state index contributed by atoms with van der Waals surface area (Å²) in [5.74, 6) is 1.14. The number of hydrogen-bond donors (Lipinski definition) is 1. The molecule has 3 heterocycles. The lowest BCUT2D eigenvalue weighted by Crippen LogP contribution is -2.32. The van der Waals surface area contributed by atoms with Gasteiger partial charge in [-0.15, -0.1) is 0 Å². The van der Waals surface area contributed by atoms with Crippen molar-refractivity contribution in [3.05, 3.63) is 62.4 Å². The number of benzene rings is 1. The van der Waals surface area contributed by atoms with Gasteiger partial charge in [0.15, 0.2) is 0 Å². The molecular formula is C21H22N4O5. The van der Waals surface area contributed by atoms with Crippen molar-refractivity contribution in [2.75, 3.05) is 20.8 Å². The highest BCUT2D eigenvalue weighted by molar-refractivity contribution is 5.97. The minimum absolute atomic E-state index is 0.184. The van der Waals surface area contributed by atoms with Gasteiger partial charge >= 0.3 is 5.69 Å². The molecule has 1 atom stereocenters. The number of carbonyl (C=O) groups excluding carboxylic acids is 1. The molecule has 1 unspecified atom stereocenters. The van der Waals surface area contributed by atoms with Crippen LogP contribution in [0.15, 0.2) is 40.1 Å². The third-order valence-electron chi connectivity index (χ3n) is 5.51. The summed E-state index contributed by atoms with van der Waals surface area (Å²) < 4.78 is 12.1. The molecule has 0 bridgehead atoms. The first-order chi connectivity index (χ1) is 14.4.